The number of nitrogens with zero attached hydrogens (tertiary/aromatic N) is 2. The Hall–Kier alpha value is -3.35. The second-order valence-electron chi connectivity index (χ2n) is 8.46. The Morgan fingerprint density at radius 2 is 1.67 bits per heavy atom. The summed E-state index contributed by atoms with van der Waals surface area (Å²) in [6, 6.07) is 13.8. The smallest absolute Gasteiger partial charge is 0.355 e. The van der Waals surface area contributed by atoms with Crippen LogP contribution >= 0.6 is 0 Å². The minimum atomic E-state index is -1.72. The monoisotopic (exact) mass is 408 g/mol. The molecule has 0 unspecified atom stereocenters. The maximum absolute atomic E-state index is 13.6. The first-order chi connectivity index (χ1) is 14.1. The van der Waals surface area contributed by atoms with Crippen molar-refractivity contribution in [3.05, 3.63) is 66.0 Å². The third-order valence-electron chi connectivity index (χ3n) is 5.32. The molecule has 0 bridgehead atoms. The number of hydrogen-bond donors (Lipinski definition) is 0. The van der Waals surface area contributed by atoms with Crippen LogP contribution in [0.2, 0.25) is 0 Å². The van der Waals surface area contributed by atoms with Crippen molar-refractivity contribution in [2.75, 3.05) is 4.90 Å². The third kappa shape index (κ3) is 3.10. The Labute approximate surface area is 173 Å². The molecule has 2 amide bonds. The highest BCUT2D eigenvalue weighted by molar-refractivity contribution is 6.39. The summed E-state index contributed by atoms with van der Waals surface area (Å²) >= 11 is 0. The number of benzene rings is 2. The van der Waals surface area contributed by atoms with Gasteiger partial charge in [0.2, 0.25) is 17.5 Å². The average molecular weight is 408 g/mol. The van der Waals surface area contributed by atoms with Crippen molar-refractivity contribution in [2.45, 2.75) is 32.9 Å². The van der Waals surface area contributed by atoms with E-state index in [1.54, 1.807) is 30.3 Å². The average Bonchev–Trinajstić information content (AvgIpc) is 3.20. The zero-order chi connectivity index (χ0) is 21.7. The molecular weight excluding hydrogens is 387 g/mol. The van der Waals surface area contributed by atoms with Gasteiger partial charge in [-0.25, -0.2) is 14.2 Å². The van der Waals surface area contributed by atoms with Crippen LogP contribution in [0.25, 0.3) is 0 Å². The topological polar surface area (TPSA) is 76.0 Å². The summed E-state index contributed by atoms with van der Waals surface area (Å²) < 4.78 is 19.3. The number of carbonyl (C=O) groups is 3. The lowest BCUT2D eigenvalue weighted by molar-refractivity contribution is -0.156. The number of amides is 2. The van der Waals surface area contributed by atoms with E-state index in [2.05, 4.69) is 4.99 Å². The van der Waals surface area contributed by atoms with Crippen molar-refractivity contribution in [1.82, 2.24) is 0 Å². The molecule has 2 aliphatic rings. The van der Waals surface area contributed by atoms with Crippen molar-refractivity contribution < 1.29 is 23.5 Å². The molecule has 2 aromatic rings. The molecule has 7 heteroatoms. The van der Waals surface area contributed by atoms with E-state index < -0.39 is 40.7 Å². The second-order valence-corrected chi connectivity index (χ2v) is 8.46. The molecule has 4 rings (SSSR count). The van der Waals surface area contributed by atoms with E-state index in [1.807, 2.05) is 20.8 Å². The maximum Gasteiger partial charge on any atom is 0.355 e. The van der Waals surface area contributed by atoms with Crippen molar-refractivity contribution in [3.8, 4) is 0 Å². The standard InChI is InChI=1S/C23H21FN2O4/c1-22(2,3)19-21(29)30-23(25-19,14-9-11-15(24)12-10-14)17-13-18(27)26(20(17)28)16-7-5-4-6-8-16/h4-12,17H,13H2,1-3H3/t17-,23-/m0/s1. The molecule has 0 N–H and O–H groups in total. The number of halogens is 1. The van der Waals surface area contributed by atoms with Gasteiger partial charge in [-0.15, -0.1) is 0 Å². The fourth-order valence-corrected chi connectivity index (χ4v) is 3.85. The van der Waals surface area contributed by atoms with Gasteiger partial charge in [0.25, 0.3) is 0 Å². The van der Waals surface area contributed by atoms with E-state index in [0.717, 1.165) is 4.90 Å². The lowest BCUT2D eigenvalue weighted by Gasteiger charge is -2.30. The molecule has 1 saturated heterocycles. The first-order valence-electron chi connectivity index (χ1n) is 9.65. The van der Waals surface area contributed by atoms with Gasteiger partial charge in [-0.3, -0.25) is 14.5 Å². The Kier molecular flexibility index (Phi) is 4.56. The molecule has 2 atom stereocenters. The summed E-state index contributed by atoms with van der Waals surface area (Å²) in [4.78, 5) is 44.6. The molecule has 30 heavy (non-hydrogen) atoms. The summed E-state index contributed by atoms with van der Waals surface area (Å²) in [7, 11) is 0. The van der Waals surface area contributed by atoms with Gasteiger partial charge in [-0.2, -0.15) is 0 Å². The molecule has 1 fully saturated rings. The number of imide groups is 1. The van der Waals surface area contributed by atoms with E-state index in [4.69, 9.17) is 4.74 Å². The molecular formula is C23H21FN2O4. The van der Waals surface area contributed by atoms with Gasteiger partial charge in [0.05, 0.1) is 5.69 Å². The zero-order valence-electron chi connectivity index (χ0n) is 16.9. The molecule has 0 saturated carbocycles. The number of anilines is 1. The first kappa shape index (κ1) is 19.9. The van der Waals surface area contributed by atoms with Crippen LogP contribution in [-0.2, 0) is 24.8 Å². The van der Waals surface area contributed by atoms with Crippen LogP contribution in [0.5, 0.6) is 0 Å². The van der Waals surface area contributed by atoms with Crippen LogP contribution in [0, 0.1) is 17.2 Å². The van der Waals surface area contributed by atoms with Crippen LogP contribution in [0.3, 0.4) is 0 Å². The van der Waals surface area contributed by atoms with Gasteiger partial charge in [0, 0.05) is 17.4 Å². The Morgan fingerprint density at radius 3 is 2.23 bits per heavy atom. The van der Waals surface area contributed by atoms with E-state index in [9.17, 15) is 18.8 Å². The SMILES string of the molecule is CC(C)(C)C1=N[C@](c2ccc(F)cc2)([C@H]2CC(=O)N(c3ccccc3)C2=O)OC1=O. The summed E-state index contributed by atoms with van der Waals surface area (Å²) in [5, 5.41) is 0. The van der Waals surface area contributed by atoms with E-state index >= 15 is 0 Å². The first-order valence-corrected chi connectivity index (χ1v) is 9.65. The number of cyclic esters (lactones) is 1. The maximum atomic E-state index is 13.6. The normalized spacial score (nSPS) is 24.3. The summed E-state index contributed by atoms with van der Waals surface area (Å²) in [5.74, 6) is -3.10. The number of rotatable bonds is 3. The Bertz CT molecular complexity index is 1060. The number of ether oxygens (including phenoxy) is 1. The van der Waals surface area contributed by atoms with Crippen LogP contribution in [-0.4, -0.2) is 23.5 Å². The van der Waals surface area contributed by atoms with Gasteiger partial charge in [0.1, 0.15) is 17.4 Å². The van der Waals surface area contributed by atoms with Crippen LogP contribution < -0.4 is 4.90 Å². The highest BCUT2D eigenvalue weighted by Gasteiger charge is 2.59. The summed E-state index contributed by atoms with van der Waals surface area (Å²) in [6.07, 6.45) is -0.181. The molecule has 2 aliphatic heterocycles. The predicted octanol–water partition coefficient (Wildman–Crippen LogP) is 3.60. The highest BCUT2D eigenvalue weighted by atomic mass is 19.1. The molecule has 2 aromatic carbocycles. The van der Waals surface area contributed by atoms with Crippen LogP contribution in [0.1, 0.15) is 32.8 Å². The molecule has 0 spiro atoms. The largest absolute Gasteiger partial charge is 0.427 e. The van der Waals surface area contributed by atoms with Crippen LogP contribution in [0.15, 0.2) is 59.6 Å². The molecule has 154 valence electrons. The second kappa shape index (κ2) is 6.86. The number of aliphatic imine (C=N–C) groups is 1. The summed E-state index contributed by atoms with van der Waals surface area (Å²) in [6.45, 7) is 5.43. The van der Waals surface area contributed by atoms with Crippen molar-refractivity contribution in [2.24, 2.45) is 16.3 Å². The number of esters is 1. The number of hydrogen-bond acceptors (Lipinski definition) is 5. The lowest BCUT2D eigenvalue weighted by Crippen LogP contribution is -2.40. The molecule has 0 aromatic heterocycles. The zero-order valence-corrected chi connectivity index (χ0v) is 16.9. The molecule has 6 nitrogen and oxygen atoms in total. The fourth-order valence-electron chi connectivity index (χ4n) is 3.85. The fraction of sp³-hybridized carbons (Fsp3) is 0.304. The minimum Gasteiger partial charge on any atom is -0.427 e. The number of carbonyl (C=O) groups excluding carboxylic acids is 3. The Balaban J connectivity index is 1.85. The van der Waals surface area contributed by atoms with Gasteiger partial charge >= 0.3 is 5.97 Å². The minimum absolute atomic E-state index is 0.172. The molecule has 0 aliphatic carbocycles. The third-order valence-corrected chi connectivity index (χ3v) is 5.32. The van der Waals surface area contributed by atoms with Gasteiger partial charge in [0.15, 0.2) is 0 Å². The highest BCUT2D eigenvalue weighted by Crippen LogP contribution is 2.47. The summed E-state index contributed by atoms with van der Waals surface area (Å²) in [5.41, 5.74) is -1.40. The van der Waals surface area contributed by atoms with Gasteiger partial charge < -0.3 is 4.74 Å². The van der Waals surface area contributed by atoms with Crippen molar-refractivity contribution in [1.29, 1.82) is 0 Å². The quantitative estimate of drug-likeness (QED) is 0.574. The predicted molar refractivity (Wildman–Crippen MR) is 108 cm³/mol. The molecule has 0 radical (unpaired) electrons. The van der Waals surface area contributed by atoms with E-state index in [-0.39, 0.29) is 12.1 Å². The van der Waals surface area contributed by atoms with Crippen molar-refractivity contribution in [3.63, 3.8) is 0 Å². The van der Waals surface area contributed by atoms with Crippen LogP contribution in [0.4, 0.5) is 10.1 Å². The molecule has 2 heterocycles. The van der Waals surface area contributed by atoms with Gasteiger partial charge in [-0.1, -0.05) is 51.1 Å². The van der Waals surface area contributed by atoms with E-state index in [1.165, 1.54) is 24.3 Å². The number of para-hydroxylation sites is 1. The van der Waals surface area contributed by atoms with Gasteiger partial charge in [-0.05, 0) is 24.3 Å². The van der Waals surface area contributed by atoms with E-state index in [0.29, 0.717) is 11.3 Å². The van der Waals surface area contributed by atoms with Crippen molar-refractivity contribution >= 4 is 29.2 Å². The Morgan fingerprint density at radius 1 is 1.03 bits per heavy atom. The lowest BCUT2D eigenvalue weighted by atomic mass is 9.86.